The van der Waals surface area contributed by atoms with Crippen molar-refractivity contribution in [1.82, 2.24) is 0 Å². The van der Waals surface area contributed by atoms with Gasteiger partial charge < -0.3 is 4.74 Å². The maximum Gasteiger partial charge on any atom is 0.310 e. The van der Waals surface area contributed by atoms with Crippen LogP contribution in [0.3, 0.4) is 0 Å². The Labute approximate surface area is 94.3 Å². The van der Waals surface area contributed by atoms with Gasteiger partial charge in [0.1, 0.15) is 0 Å². The zero-order chi connectivity index (χ0) is 11.4. The van der Waals surface area contributed by atoms with Gasteiger partial charge in [0, 0.05) is 16.1 Å². The first-order chi connectivity index (χ1) is 7.04. The molecule has 0 aliphatic carbocycles. The first-order valence-corrected chi connectivity index (χ1v) is 4.83. The van der Waals surface area contributed by atoms with Crippen LogP contribution in [0.2, 0.25) is 0 Å². The van der Waals surface area contributed by atoms with Gasteiger partial charge in [-0.05, 0) is 12.1 Å². The van der Waals surface area contributed by atoms with Crippen molar-refractivity contribution in [2.45, 2.75) is 6.42 Å². The molecular formula is C9H8BrNO4. The average Bonchev–Trinajstić information content (AvgIpc) is 2.17. The fraction of sp³-hybridized carbons (Fsp3) is 0.222. The van der Waals surface area contributed by atoms with Crippen LogP contribution in [0.25, 0.3) is 0 Å². The standard InChI is InChI=1S/C9H8BrNO4/c1-15-9(12)5-6-4-7(10)2-3-8(6)11(13)14/h2-4H,5H2,1H3. The van der Waals surface area contributed by atoms with Crippen molar-refractivity contribution >= 4 is 27.6 Å². The Morgan fingerprint density at radius 3 is 2.80 bits per heavy atom. The number of hydrogen-bond acceptors (Lipinski definition) is 4. The summed E-state index contributed by atoms with van der Waals surface area (Å²) in [5, 5.41) is 10.6. The van der Waals surface area contributed by atoms with E-state index in [-0.39, 0.29) is 12.1 Å². The zero-order valence-corrected chi connectivity index (χ0v) is 9.48. The van der Waals surface area contributed by atoms with E-state index in [1.54, 1.807) is 6.07 Å². The Morgan fingerprint density at radius 1 is 1.60 bits per heavy atom. The number of esters is 1. The molecule has 0 heterocycles. The van der Waals surface area contributed by atoms with Crippen molar-refractivity contribution in [3.63, 3.8) is 0 Å². The molecule has 0 fully saturated rings. The minimum Gasteiger partial charge on any atom is -0.469 e. The van der Waals surface area contributed by atoms with Gasteiger partial charge in [-0.2, -0.15) is 0 Å². The van der Waals surface area contributed by atoms with Crippen LogP contribution in [-0.2, 0) is 16.0 Å². The van der Waals surface area contributed by atoms with E-state index in [2.05, 4.69) is 20.7 Å². The van der Waals surface area contributed by atoms with Gasteiger partial charge in [-0.1, -0.05) is 15.9 Å². The van der Waals surface area contributed by atoms with E-state index in [4.69, 9.17) is 0 Å². The average molecular weight is 274 g/mol. The number of nitro benzene ring substituents is 1. The summed E-state index contributed by atoms with van der Waals surface area (Å²) in [4.78, 5) is 21.1. The molecular weight excluding hydrogens is 266 g/mol. The van der Waals surface area contributed by atoms with Crippen molar-refractivity contribution in [3.8, 4) is 0 Å². The molecule has 0 atom stereocenters. The summed E-state index contributed by atoms with van der Waals surface area (Å²) in [6.07, 6.45) is -0.105. The monoisotopic (exact) mass is 273 g/mol. The van der Waals surface area contributed by atoms with Gasteiger partial charge >= 0.3 is 5.97 Å². The summed E-state index contributed by atoms with van der Waals surface area (Å²) in [6.45, 7) is 0. The second kappa shape index (κ2) is 4.88. The van der Waals surface area contributed by atoms with Crippen molar-refractivity contribution < 1.29 is 14.5 Å². The molecule has 0 N–H and O–H groups in total. The van der Waals surface area contributed by atoms with Crippen molar-refractivity contribution in [2.24, 2.45) is 0 Å². The highest BCUT2D eigenvalue weighted by Crippen LogP contribution is 2.23. The van der Waals surface area contributed by atoms with E-state index in [1.165, 1.54) is 19.2 Å². The van der Waals surface area contributed by atoms with Crippen LogP contribution in [-0.4, -0.2) is 18.0 Å². The number of carbonyl (C=O) groups excluding carboxylic acids is 1. The largest absolute Gasteiger partial charge is 0.469 e. The predicted octanol–water partition coefficient (Wildman–Crippen LogP) is 2.07. The predicted molar refractivity (Wildman–Crippen MR) is 56.5 cm³/mol. The lowest BCUT2D eigenvalue weighted by atomic mass is 10.1. The van der Waals surface area contributed by atoms with E-state index in [0.717, 1.165) is 0 Å². The van der Waals surface area contributed by atoms with Crippen LogP contribution in [0.4, 0.5) is 5.69 Å². The van der Waals surface area contributed by atoms with Gasteiger partial charge in [-0.3, -0.25) is 14.9 Å². The summed E-state index contributed by atoms with van der Waals surface area (Å²) in [6, 6.07) is 4.44. The molecule has 5 nitrogen and oxygen atoms in total. The quantitative estimate of drug-likeness (QED) is 0.480. The molecule has 0 saturated carbocycles. The number of hydrogen-bond donors (Lipinski definition) is 0. The summed E-state index contributed by atoms with van der Waals surface area (Å²) < 4.78 is 5.14. The Kier molecular flexibility index (Phi) is 3.79. The summed E-state index contributed by atoms with van der Waals surface area (Å²) >= 11 is 3.18. The molecule has 0 radical (unpaired) electrons. The Hall–Kier alpha value is -1.43. The fourth-order valence-corrected chi connectivity index (χ4v) is 1.51. The first-order valence-electron chi connectivity index (χ1n) is 4.04. The van der Waals surface area contributed by atoms with Gasteiger partial charge in [0.05, 0.1) is 18.5 Å². The number of nitro groups is 1. The molecule has 80 valence electrons. The van der Waals surface area contributed by atoms with E-state index >= 15 is 0 Å². The number of benzene rings is 1. The van der Waals surface area contributed by atoms with Gasteiger partial charge in [0.2, 0.25) is 0 Å². The van der Waals surface area contributed by atoms with E-state index in [1.807, 2.05) is 0 Å². The normalized spacial score (nSPS) is 9.73. The van der Waals surface area contributed by atoms with Crippen LogP contribution >= 0.6 is 15.9 Å². The van der Waals surface area contributed by atoms with Gasteiger partial charge in [0.15, 0.2) is 0 Å². The lowest BCUT2D eigenvalue weighted by Crippen LogP contribution is -2.06. The van der Waals surface area contributed by atoms with E-state index in [0.29, 0.717) is 10.0 Å². The third-order valence-corrected chi connectivity index (χ3v) is 2.29. The van der Waals surface area contributed by atoms with Crippen molar-refractivity contribution in [1.29, 1.82) is 0 Å². The summed E-state index contributed by atoms with van der Waals surface area (Å²) in [7, 11) is 1.24. The number of nitrogens with zero attached hydrogens (tertiary/aromatic N) is 1. The number of halogens is 1. The molecule has 1 aromatic carbocycles. The third kappa shape index (κ3) is 3.02. The molecule has 15 heavy (non-hydrogen) atoms. The highest BCUT2D eigenvalue weighted by Gasteiger charge is 2.16. The molecule has 0 bridgehead atoms. The zero-order valence-electron chi connectivity index (χ0n) is 7.90. The second-order valence-corrected chi connectivity index (χ2v) is 3.70. The number of methoxy groups -OCH3 is 1. The topological polar surface area (TPSA) is 69.4 Å². The van der Waals surface area contributed by atoms with Crippen LogP contribution in [0.15, 0.2) is 22.7 Å². The minimum atomic E-state index is -0.523. The molecule has 0 unspecified atom stereocenters. The fourth-order valence-electron chi connectivity index (χ4n) is 1.10. The highest BCUT2D eigenvalue weighted by atomic mass is 79.9. The summed E-state index contributed by atoms with van der Waals surface area (Å²) in [5.74, 6) is -0.504. The van der Waals surface area contributed by atoms with Crippen molar-refractivity contribution in [2.75, 3.05) is 7.11 Å². The Balaban J connectivity index is 3.07. The molecule has 0 spiro atoms. The van der Waals surface area contributed by atoms with Crippen LogP contribution in [0.1, 0.15) is 5.56 Å². The smallest absolute Gasteiger partial charge is 0.310 e. The van der Waals surface area contributed by atoms with Crippen LogP contribution < -0.4 is 0 Å². The van der Waals surface area contributed by atoms with Gasteiger partial charge in [-0.15, -0.1) is 0 Å². The molecule has 0 amide bonds. The minimum absolute atomic E-state index is 0.0800. The van der Waals surface area contributed by atoms with E-state index in [9.17, 15) is 14.9 Å². The number of rotatable bonds is 3. The molecule has 6 heteroatoms. The van der Waals surface area contributed by atoms with Gasteiger partial charge in [0.25, 0.3) is 5.69 Å². The SMILES string of the molecule is COC(=O)Cc1cc(Br)ccc1[N+](=O)[O-]. The maximum atomic E-state index is 11.0. The van der Waals surface area contributed by atoms with E-state index < -0.39 is 10.9 Å². The molecule has 0 aromatic heterocycles. The molecule has 0 aliphatic rings. The highest BCUT2D eigenvalue weighted by molar-refractivity contribution is 9.10. The molecule has 1 rings (SSSR count). The molecule has 0 aliphatic heterocycles. The number of carbonyl (C=O) groups is 1. The first kappa shape index (κ1) is 11.6. The Bertz CT molecular complexity index is 405. The van der Waals surface area contributed by atoms with Crippen LogP contribution in [0.5, 0.6) is 0 Å². The molecule has 0 saturated heterocycles. The summed E-state index contributed by atoms with van der Waals surface area (Å²) in [5.41, 5.74) is 0.254. The molecule has 1 aromatic rings. The van der Waals surface area contributed by atoms with Crippen molar-refractivity contribution in [3.05, 3.63) is 38.3 Å². The maximum absolute atomic E-state index is 11.0. The lowest BCUT2D eigenvalue weighted by Gasteiger charge is -2.02. The van der Waals surface area contributed by atoms with Gasteiger partial charge in [-0.25, -0.2) is 0 Å². The Morgan fingerprint density at radius 2 is 2.27 bits per heavy atom. The third-order valence-electron chi connectivity index (χ3n) is 1.80. The second-order valence-electron chi connectivity index (χ2n) is 2.78. The lowest BCUT2D eigenvalue weighted by molar-refractivity contribution is -0.385. The number of ether oxygens (including phenoxy) is 1. The van der Waals surface area contributed by atoms with Crippen LogP contribution in [0, 0.1) is 10.1 Å².